The molecule has 12 aromatic rings. The van der Waals surface area contributed by atoms with Gasteiger partial charge in [-0.15, -0.1) is 0 Å². The quantitative estimate of drug-likeness (QED) is 0.167. The fraction of sp³-hybridized carbons (Fsp3) is 0.0345. The van der Waals surface area contributed by atoms with Crippen molar-refractivity contribution in [2.75, 3.05) is 0 Å². The van der Waals surface area contributed by atoms with Crippen LogP contribution in [0.5, 0.6) is 0 Å². The van der Waals surface area contributed by atoms with E-state index in [-0.39, 0.29) is 5.41 Å². The van der Waals surface area contributed by atoms with Gasteiger partial charge in [0, 0.05) is 43.5 Å². The van der Waals surface area contributed by atoms with Crippen LogP contribution in [-0.4, -0.2) is 14.5 Å². The average Bonchev–Trinajstić information content (AvgIpc) is 3.78. The van der Waals surface area contributed by atoms with E-state index in [1.807, 2.05) is 0 Å². The van der Waals surface area contributed by atoms with Crippen molar-refractivity contribution in [2.24, 2.45) is 0 Å². The van der Waals surface area contributed by atoms with Crippen LogP contribution in [0.25, 0.3) is 104 Å². The molecule has 2 aromatic heterocycles. The first-order chi connectivity index (χ1) is 30.1. The standard InChI is InChI=1S/C58H37N3/c1-58(40-21-6-3-7-22-40)50-33-39-20-9-8-19-38(39)32-47(50)48-34-49-44-26-14-15-27-52(44)61(54(49)35-51(48)58)53-31-30-45(42-24-12-13-25-43(42)53)57-59-55(37-17-4-2-5-18-37)46-29-28-36-16-10-11-23-41(36)56(46)60-57/h2-35H,1H3. The lowest BCUT2D eigenvalue weighted by Gasteiger charge is -2.28. The minimum Gasteiger partial charge on any atom is -0.309 e. The number of hydrogen-bond donors (Lipinski definition) is 0. The Morgan fingerprint density at radius 3 is 1.82 bits per heavy atom. The van der Waals surface area contributed by atoms with E-state index >= 15 is 0 Å². The van der Waals surface area contributed by atoms with Gasteiger partial charge in [-0.25, -0.2) is 9.97 Å². The van der Waals surface area contributed by atoms with E-state index in [0.29, 0.717) is 5.82 Å². The Hall–Kier alpha value is -7.88. The van der Waals surface area contributed by atoms with Gasteiger partial charge in [0.2, 0.25) is 0 Å². The van der Waals surface area contributed by atoms with E-state index in [9.17, 15) is 0 Å². The van der Waals surface area contributed by atoms with E-state index in [1.54, 1.807) is 0 Å². The van der Waals surface area contributed by atoms with Crippen molar-refractivity contribution in [1.82, 2.24) is 14.5 Å². The van der Waals surface area contributed by atoms with Gasteiger partial charge in [-0.1, -0.05) is 158 Å². The monoisotopic (exact) mass is 775 g/mol. The van der Waals surface area contributed by atoms with Crippen LogP contribution in [0.2, 0.25) is 0 Å². The lowest BCUT2D eigenvalue weighted by Crippen LogP contribution is -2.22. The first kappa shape index (κ1) is 34.0. The molecule has 0 aliphatic heterocycles. The van der Waals surface area contributed by atoms with Crippen LogP contribution in [0.4, 0.5) is 0 Å². The van der Waals surface area contributed by atoms with Crippen molar-refractivity contribution >= 4 is 65.0 Å². The molecule has 1 aliphatic carbocycles. The fourth-order valence-corrected chi connectivity index (χ4v) is 10.5. The summed E-state index contributed by atoms with van der Waals surface area (Å²) in [6.07, 6.45) is 0. The van der Waals surface area contributed by atoms with Crippen molar-refractivity contribution in [2.45, 2.75) is 12.3 Å². The third-order valence-electron chi connectivity index (χ3n) is 13.4. The fourth-order valence-electron chi connectivity index (χ4n) is 10.5. The largest absolute Gasteiger partial charge is 0.309 e. The van der Waals surface area contributed by atoms with Crippen molar-refractivity contribution in [3.63, 3.8) is 0 Å². The molecule has 3 heteroatoms. The molecule has 1 aliphatic rings. The molecule has 0 radical (unpaired) electrons. The van der Waals surface area contributed by atoms with Gasteiger partial charge >= 0.3 is 0 Å². The van der Waals surface area contributed by atoms with Gasteiger partial charge in [-0.3, -0.25) is 0 Å². The molecule has 1 atom stereocenters. The summed E-state index contributed by atoms with van der Waals surface area (Å²) >= 11 is 0. The molecule has 13 rings (SSSR count). The average molecular weight is 776 g/mol. The zero-order valence-electron chi connectivity index (χ0n) is 33.5. The SMILES string of the molecule is CC1(c2ccccc2)c2cc3ccccc3cc2-c2cc3c4ccccc4n(-c4ccc(-c5nc(-c6ccccc6)c6ccc7ccccc7c6n5)c5ccccc45)c3cc21. The summed E-state index contributed by atoms with van der Waals surface area (Å²) in [4.78, 5) is 10.8. The predicted octanol–water partition coefficient (Wildman–Crippen LogP) is 14.9. The second kappa shape index (κ2) is 12.8. The number of fused-ring (bicyclic) bond motifs is 11. The molecule has 0 saturated heterocycles. The van der Waals surface area contributed by atoms with E-state index in [0.717, 1.165) is 55.0 Å². The normalized spacial score (nSPS) is 14.7. The number of rotatable bonds is 4. The van der Waals surface area contributed by atoms with Gasteiger partial charge in [0.1, 0.15) is 0 Å². The van der Waals surface area contributed by atoms with Crippen LogP contribution in [0.1, 0.15) is 23.6 Å². The van der Waals surface area contributed by atoms with Gasteiger partial charge < -0.3 is 4.57 Å². The van der Waals surface area contributed by atoms with E-state index in [4.69, 9.17) is 9.97 Å². The molecule has 0 bridgehead atoms. The Balaban J connectivity index is 1.08. The minimum absolute atomic E-state index is 0.356. The topological polar surface area (TPSA) is 30.7 Å². The zero-order valence-corrected chi connectivity index (χ0v) is 33.5. The zero-order chi connectivity index (χ0) is 40.2. The van der Waals surface area contributed by atoms with Crippen molar-refractivity contribution in [1.29, 1.82) is 0 Å². The highest BCUT2D eigenvalue weighted by atomic mass is 15.0. The summed E-state index contributed by atoms with van der Waals surface area (Å²) in [5.41, 5.74) is 13.7. The van der Waals surface area contributed by atoms with Crippen LogP contribution >= 0.6 is 0 Å². The number of aromatic nitrogens is 3. The van der Waals surface area contributed by atoms with Gasteiger partial charge in [-0.05, 0) is 105 Å². The molecule has 2 heterocycles. The number of para-hydroxylation sites is 1. The summed E-state index contributed by atoms with van der Waals surface area (Å²) in [5.74, 6) is 0.717. The van der Waals surface area contributed by atoms with E-state index in [2.05, 4.69) is 218 Å². The maximum atomic E-state index is 5.41. The Bertz CT molecular complexity index is 3770. The molecular weight excluding hydrogens is 739 g/mol. The summed E-state index contributed by atoms with van der Waals surface area (Å²) in [7, 11) is 0. The van der Waals surface area contributed by atoms with Crippen molar-refractivity contribution < 1.29 is 0 Å². The minimum atomic E-state index is -0.356. The van der Waals surface area contributed by atoms with Crippen LogP contribution in [0.15, 0.2) is 206 Å². The lowest BCUT2D eigenvalue weighted by molar-refractivity contribution is 0.715. The van der Waals surface area contributed by atoms with Crippen LogP contribution < -0.4 is 0 Å². The number of nitrogens with zero attached hydrogens (tertiary/aromatic N) is 3. The maximum absolute atomic E-state index is 5.41. The molecule has 10 aromatic carbocycles. The van der Waals surface area contributed by atoms with Crippen LogP contribution in [0.3, 0.4) is 0 Å². The van der Waals surface area contributed by atoms with Crippen LogP contribution in [-0.2, 0) is 5.41 Å². The van der Waals surface area contributed by atoms with Gasteiger partial charge in [0.25, 0.3) is 0 Å². The molecule has 0 amide bonds. The molecule has 0 spiro atoms. The van der Waals surface area contributed by atoms with Crippen molar-refractivity contribution in [3.05, 3.63) is 223 Å². The molecule has 3 nitrogen and oxygen atoms in total. The maximum Gasteiger partial charge on any atom is 0.161 e. The first-order valence-electron chi connectivity index (χ1n) is 21.1. The Kier molecular flexibility index (Phi) is 7.15. The van der Waals surface area contributed by atoms with Gasteiger partial charge in [0.15, 0.2) is 5.82 Å². The Labute approximate surface area is 352 Å². The second-order valence-corrected chi connectivity index (χ2v) is 16.6. The molecule has 61 heavy (non-hydrogen) atoms. The Morgan fingerprint density at radius 1 is 0.393 bits per heavy atom. The highest BCUT2D eigenvalue weighted by Gasteiger charge is 2.42. The number of benzene rings is 10. The van der Waals surface area contributed by atoms with Crippen molar-refractivity contribution in [3.8, 4) is 39.5 Å². The Morgan fingerprint density at radius 2 is 1.02 bits per heavy atom. The summed E-state index contributed by atoms with van der Waals surface area (Å²) in [6.45, 7) is 2.42. The third kappa shape index (κ3) is 4.86. The van der Waals surface area contributed by atoms with E-state index < -0.39 is 0 Å². The third-order valence-corrected chi connectivity index (χ3v) is 13.4. The molecule has 0 N–H and O–H groups in total. The van der Waals surface area contributed by atoms with Gasteiger partial charge in [0.05, 0.1) is 27.9 Å². The highest BCUT2D eigenvalue weighted by Crippen LogP contribution is 2.55. The second-order valence-electron chi connectivity index (χ2n) is 16.6. The smallest absolute Gasteiger partial charge is 0.161 e. The molecule has 0 fully saturated rings. The molecule has 1 unspecified atom stereocenters. The summed E-state index contributed by atoms with van der Waals surface area (Å²) in [6, 6.07) is 75.2. The molecule has 0 saturated carbocycles. The highest BCUT2D eigenvalue weighted by molar-refractivity contribution is 6.15. The van der Waals surface area contributed by atoms with Crippen LogP contribution in [0, 0.1) is 0 Å². The van der Waals surface area contributed by atoms with Gasteiger partial charge in [-0.2, -0.15) is 0 Å². The predicted molar refractivity (Wildman–Crippen MR) is 255 cm³/mol. The summed E-state index contributed by atoms with van der Waals surface area (Å²) in [5, 5.41) is 10.6. The molecular formula is C58H37N3. The first-order valence-corrected chi connectivity index (χ1v) is 21.1. The lowest BCUT2D eigenvalue weighted by atomic mass is 9.74. The number of hydrogen-bond acceptors (Lipinski definition) is 2. The molecule has 284 valence electrons. The van der Waals surface area contributed by atoms with E-state index in [1.165, 1.54) is 60.4 Å². The summed E-state index contributed by atoms with van der Waals surface area (Å²) < 4.78 is 2.49.